The highest BCUT2D eigenvalue weighted by atomic mass is 16.3. The van der Waals surface area contributed by atoms with E-state index >= 15 is 0 Å². The van der Waals surface area contributed by atoms with Crippen molar-refractivity contribution in [2.24, 2.45) is 0 Å². The Labute approximate surface area is 125 Å². The summed E-state index contributed by atoms with van der Waals surface area (Å²) in [5.74, 6) is -6.58. The van der Waals surface area contributed by atoms with Crippen molar-refractivity contribution in [3.63, 3.8) is 0 Å². The van der Waals surface area contributed by atoms with Gasteiger partial charge in [0, 0.05) is 12.5 Å². The van der Waals surface area contributed by atoms with E-state index in [-0.39, 0.29) is 6.42 Å². The summed E-state index contributed by atoms with van der Waals surface area (Å²) < 4.78 is 0. The Balaban J connectivity index is 2.71. The Morgan fingerprint density at radius 1 is 1.00 bits per heavy atom. The third kappa shape index (κ3) is 2.20. The maximum absolute atomic E-state index is 12.0. The Morgan fingerprint density at radius 3 is 2.23 bits per heavy atom. The minimum Gasteiger partial charge on any atom is -0.507 e. The lowest BCUT2D eigenvalue weighted by Gasteiger charge is -2.19. The van der Waals surface area contributed by atoms with E-state index in [0.717, 1.165) is 0 Å². The summed E-state index contributed by atoms with van der Waals surface area (Å²) >= 11 is 0. The van der Waals surface area contributed by atoms with Gasteiger partial charge in [-0.25, -0.2) is 0 Å². The fourth-order valence-corrected chi connectivity index (χ4v) is 2.29. The van der Waals surface area contributed by atoms with Gasteiger partial charge < -0.3 is 20.4 Å². The molecule has 7 heteroatoms. The van der Waals surface area contributed by atoms with Crippen LogP contribution in [-0.4, -0.2) is 37.8 Å². The highest BCUT2D eigenvalue weighted by Gasteiger charge is 2.40. The predicted octanol–water partition coefficient (Wildman–Crippen LogP) is 1.60. The molecule has 0 saturated heterocycles. The number of rotatable bonds is 4. The molecule has 4 N–H and O–H groups in total. The second kappa shape index (κ2) is 5.51. The molecule has 0 atom stereocenters. The molecule has 0 aromatic heterocycles. The minimum absolute atomic E-state index is 0.0327. The zero-order valence-corrected chi connectivity index (χ0v) is 11.7. The number of fused-ring (bicyclic) bond motifs is 1. The van der Waals surface area contributed by atoms with Gasteiger partial charge in [0.05, 0.1) is 11.1 Å². The molecule has 0 amide bonds. The van der Waals surface area contributed by atoms with Gasteiger partial charge >= 0.3 is 0 Å². The Hall–Kier alpha value is -2.83. The van der Waals surface area contributed by atoms with E-state index < -0.39 is 57.1 Å². The lowest BCUT2D eigenvalue weighted by atomic mass is 9.84. The molecule has 0 bridgehead atoms. The van der Waals surface area contributed by atoms with Crippen LogP contribution in [0.3, 0.4) is 0 Å². The number of benzene rings is 1. The number of hydrogen-bond donors (Lipinski definition) is 4. The van der Waals surface area contributed by atoms with Gasteiger partial charge in [0.1, 0.15) is 17.1 Å². The van der Waals surface area contributed by atoms with Crippen LogP contribution in [0.5, 0.6) is 17.2 Å². The van der Waals surface area contributed by atoms with Gasteiger partial charge in [-0.1, -0.05) is 13.3 Å². The third-order valence-electron chi connectivity index (χ3n) is 3.43. The lowest BCUT2D eigenvalue weighted by molar-refractivity contribution is -0.119. The largest absolute Gasteiger partial charge is 0.507 e. The van der Waals surface area contributed by atoms with Gasteiger partial charge in [-0.05, 0) is 6.42 Å². The second-order valence-electron chi connectivity index (χ2n) is 4.92. The molecule has 0 saturated carbocycles. The van der Waals surface area contributed by atoms with Crippen LogP contribution in [0.25, 0.3) is 5.76 Å². The number of hydrogen-bond acceptors (Lipinski definition) is 7. The van der Waals surface area contributed by atoms with Crippen molar-refractivity contribution in [2.75, 3.05) is 0 Å². The first-order valence-corrected chi connectivity index (χ1v) is 6.64. The first-order chi connectivity index (χ1) is 10.3. The zero-order chi connectivity index (χ0) is 16.6. The van der Waals surface area contributed by atoms with E-state index in [4.69, 9.17) is 0 Å². The maximum Gasteiger partial charge on any atom is 0.241 e. The number of carbonyl (C=O) groups is 3. The fourth-order valence-electron chi connectivity index (χ4n) is 2.29. The summed E-state index contributed by atoms with van der Waals surface area (Å²) in [5, 5.41) is 39.0. The van der Waals surface area contributed by atoms with Crippen molar-refractivity contribution in [3.8, 4) is 17.2 Å². The van der Waals surface area contributed by atoms with E-state index in [2.05, 4.69) is 0 Å². The van der Waals surface area contributed by atoms with Crippen molar-refractivity contribution in [1.82, 2.24) is 0 Å². The second-order valence-corrected chi connectivity index (χ2v) is 4.92. The molecule has 0 radical (unpaired) electrons. The number of unbranched alkanes of at least 4 members (excludes halogenated alkanes) is 1. The summed E-state index contributed by atoms with van der Waals surface area (Å²) in [6.07, 6.45) is 1.12. The molecule has 22 heavy (non-hydrogen) atoms. The van der Waals surface area contributed by atoms with E-state index in [9.17, 15) is 34.8 Å². The number of phenols is 3. The van der Waals surface area contributed by atoms with Gasteiger partial charge in [0.25, 0.3) is 0 Å². The molecule has 0 spiro atoms. The van der Waals surface area contributed by atoms with Crippen molar-refractivity contribution < 1.29 is 34.8 Å². The van der Waals surface area contributed by atoms with Crippen molar-refractivity contribution in [1.29, 1.82) is 0 Å². The molecule has 0 fully saturated rings. The van der Waals surface area contributed by atoms with Crippen molar-refractivity contribution in [2.45, 2.75) is 26.2 Å². The Bertz CT molecular complexity index is 728. The smallest absolute Gasteiger partial charge is 0.241 e. The summed E-state index contributed by atoms with van der Waals surface area (Å²) in [4.78, 5) is 36.1. The third-order valence-corrected chi connectivity index (χ3v) is 3.43. The molecular weight excluding hydrogens is 292 g/mol. The van der Waals surface area contributed by atoms with Crippen LogP contribution in [-0.2, 0) is 9.59 Å². The highest BCUT2D eigenvalue weighted by Crippen LogP contribution is 2.44. The van der Waals surface area contributed by atoms with E-state index in [0.29, 0.717) is 18.9 Å². The molecule has 7 nitrogen and oxygen atoms in total. The average molecular weight is 306 g/mol. The quantitative estimate of drug-likeness (QED) is 0.287. The van der Waals surface area contributed by atoms with E-state index in [1.165, 1.54) is 0 Å². The monoisotopic (exact) mass is 306 g/mol. The van der Waals surface area contributed by atoms with E-state index in [1.807, 2.05) is 6.92 Å². The van der Waals surface area contributed by atoms with Crippen LogP contribution in [0.2, 0.25) is 0 Å². The van der Waals surface area contributed by atoms with Crippen LogP contribution in [0.1, 0.15) is 42.1 Å². The average Bonchev–Trinajstić information content (AvgIpc) is 2.46. The molecule has 2 rings (SSSR count). The molecule has 0 heterocycles. The summed E-state index contributed by atoms with van der Waals surface area (Å²) in [5.41, 5.74) is -1.95. The summed E-state index contributed by atoms with van der Waals surface area (Å²) in [7, 11) is 0. The van der Waals surface area contributed by atoms with Gasteiger partial charge in [-0.2, -0.15) is 0 Å². The minimum atomic E-state index is -1.27. The number of aromatic hydroxyl groups is 3. The number of aliphatic hydroxyl groups excluding tert-OH is 1. The maximum atomic E-state index is 12.0. The van der Waals surface area contributed by atoms with Crippen molar-refractivity contribution >= 4 is 23.1 Å². The zero-order valence-electron chi connectivity index (χ0n) is 11.7. The fraction of sp³-hybridized carbons (Fsp3) is 0.267. The Kier molecular flexibility index (Phi) is 3.90. The summed E-state index contributed by atoms with van der Waals surface area (Å²) in [6.45, 7) is 1.83. The number of ketones is 3. The standard InChI is InChI=1S/C15H14O7/c1-2-3-4-6(16)10-13(20)9-7(17)5-8(18)12(19)11(9)15(22)14(10)21/h5,17-20H,2-4H2,1H3. The number of allylic oxidation sites excluding steroid dienone is 1. The van der Waals surface area contributed by atoms with Gasteiger partial charge in [-0.15, -0.1) is 0 Å². The highest BCUT2D eigenvalue weighted by molar-refractivity contribution is 6.58. The Morgan fingerprint density at radius 2 is 1.64 bits per heavy atom. The molecule has 0 unspecified atom stereocenters. The van der Waals surface area contributed by atoms with E-state index in [1.54, 1.807) is 0 Å². The van der Waals surface area contributed by atoms with Gasteiger partial charge in [-0.3, -0.25) is 14.4 Å². The van der Waals surface area contributed by atoms with Crippen LogP contribution >= 0.6 is 0 Å². The van der Waals surface area contributed by atoms with Crippen LogP contribution in [0.15, 0.2) is 11.6 Å². The first-order valence-electron chi connectivity index (χ1n) is 6.64. The molecule has 116 valence electrons. The van der Waals surface area contributed by atoms with Crippen LogP contribution in [0.4, 0.5) is 0 Å². The number of phenolic OH excluding ortho intramolecular Hbond substituents is 3. The molecule has 0 aliphatic heterocycles. The topological polar surface area (TPSA) is 132 Å². The molecule has 1 aromatic carbocycles. The molecule has 1 aromatic rings. The molecule has 1 aliphatic rings. The van der Waals surface area contributed by atoms with Crippen LogP contribution < -0.4 is 0 Å². The molecule has 1 aliphatic carbocycles. The number of Topliss-reactive ketones (excluding diaryl/α,β-unsaturated/α-hetero) is 3. The first kappa shape index (κ1) is 15.6. The summed E-state index contributed by atoms with van der Waals surface area (Å²) in [6, 6.07) is 0.710. The van der Waals surface area contributed by atoms with Crippen LogP contribution in [0, 0.1) is 0 Å². The number of carbonyl (C=O) groups excluding carboxylic acids is 3. The SMILES string of the molecule is CCCCC(=O)C1=C(O)c2c(O)cc(O)c(O)c2C(=O)C1=O. The van der Waals surface area contributed by atoms with Gasteiger partial charge in [0.2, 0.25) is 11.6 Å². The normalized spacial score (nSPS) is 14.2. The molecular formula is C15H14O7. The lowest BCUT2D eigenvalue weighted by Crippen LogP contribution is -2.28. The van der Waals surface area contributed by atoms with Crippen molar-refractivity contribution in [3.05, 3.63) is 22.8 Å². The van der Waals surface area contributed by atoms with Gasteiger partial charge in [0.15, 0.2) is 17.3 Å². The predicted molar refractivity (Wildman–Crippen MR) is 74.9 cm³/mol. The number of aliphatic hydroxyl groups is 1.